The lowest BCUT2D eigenvalue weighted by Crippen LogP contribution is -2.53. The molecule has 0 aromatic heterocycles. The van der Waals surface area contributed by atoms with Crippen molar-refractivity contribution in [2.75, 3.05) is 6.54 Å². The molecule has 0 unspecified atom stereocenters. The van der Waals surface area contributed by atoms with E-state index in [0.717, 1.165) is 17.8 Å². The third-order valence-electron chi connectivity index (χ3n) is 5.59. The first kappa shape index (κ1) is 11.8. The van der Waals surface area contributed by atoms with Crippen molar-refractivity contribution in [3.63, 3.8) is 0 Å². The Balaban J connectivity index is 1.68. The van der Waals surface area contributed by atoms with Crippen molar-refractivity contribution in [1.29, 1.82) is 0 Å². The molecule has 0 spiro atoms. The zero-order valence-corrected chi connectivity index (χ0v) is 11.5. The van der Waals surface area contributed by atoms with Crippen molar-refractivity contribution in [1.82, 2.24) is 5.32 Å². The van der Waals surface area contributed by atoms with Gasteiger partial charge in [-0.15, -0.1) is 6.58 Å². The van der Waals surface area contributed by atoms with E-state index in [1.165, 1.54) is 25.8 Å². The summed E-state index contributed by atoms with van der Waals surface area (Å²) in [6.07, 6.45) is 11.2. The predicted octanol–water partition coefficient (Wildman–Crippen LogP) is 3.76. The molecule has 4 rings (SSSR count). The first-order valence-corrected chi connectivity index (χ1v) is 7.39. The number of hydrogen-bond donors (Lipinski definition) is 1. The summed E-state index contributed by atoms with van der Waals surface area (Å²) in [6, 6.07) is 0. The van der Waals surface area contributed by atoms with Crippen molar-refractivity contribution < 1.29 is 0 Å². The third kappa shape index (κ3) is 2.19. The van der Waals surface area contributed by atoms with Crippen LogP contribution in [0.5, 0.6) is 0 Å². The van der Waals surface area contributed by atoms with Gasteiger partial charge < -0.3 is 5.32 Å². The van der Waals surface area contributed by atoms with E-state index in [-0.39, 0.29) is 5.54 Å². The van der Waals surface area contributed by atoms with Gasteiger partial charge in [0.05, 0.1) is 0 Å². The SMILES string of the molecule is C=CC(C)(C)NCC12CC3CC(CC(C3)C1)C2. The van der Waals surface area contributed by atoms with E-state index in [4.69, 9.17) is 0 Å². The molecule has 1 N–H and O–H groups in total. The van der Waals surface area contributed by atoms with Gasteiger partial charge >= 0.3 is 0 Å². The maximum atomic E-state index is 3.93. The van der Waals surface area contributed by atoms with E-state index in [2.05, 4.69) is 25.7 Å². The fourth-order valence-corrected chi connectivity index (χ4v) is 4.99. The Kier molecular flexibility index (Phi) is 2.66. The summed E-state index contributed by atoms with van der Waals surface area (Å²) in [7, 11) is 0. The van der Waals surface area contributed by atoms with Crippen LogP contribution in [0.15, 0.2) is 12.7 Å². The monoisotopic (exact) mass is 233 g/mol. The van der Waals surface area contributed by atoms with Gasteiger partial charge in [-0.3, -0.25) is 0 Å². The standard InChI is InChI=1S/C16H27N/c1-4-15(2,3)17-11-16-8-12-5-13(9-16)7-14(6-12)10-16/h4,12-14,17H,1,5-11H2,2-3H3. The van der Waals surface area contributed by atoms with Gasteiger partial charge in [0.1, 0.15) is 0 Å². The molecule has 4 bridgehead atoms. The topological polar surface area (TPSA) is 12.0 Å². The Labute approximate surface area is 106 Å². The van der Waals surface area contributed by atoms with Crippen molar-refractivity contribution in [2.24, 2.45) is 23.2 Å². The molecule has 4 fully saturated rings. The van der Waals surface area contributed by atoms with Crippen LogP contribution >= 0.6 is 0 Å². The van der Waals surface area contributed by atoms with Crippen LogP contribution in [-0.2, 0) is 0 Å². The Hall–Kier alpha value is -0.300. The zero-order valence-electron chi connectivity index (χ0n) is 11.5. The fraction of sp³-hybridized carbons (Fsp3) is 0.875. The van der Waals surface area contributed by atoms with Crippen LogP contribution in [0.3, 0.4) is 0 Å². The van der Waals surface area contributed by atoms with Gasteiger partial charge in [0.15, 0.2) is 0 Å². The average Bonchev–Trinajstić information content (AvgIpc) is 2.25. The molecule has 0 saturated heterocycles. The molecular weight excluding hydrogens is 206 g/mol. The van der Waals surface area contributed by atoms with Crippen LogP contribution in [-0.4, -0.2) is 12.1 Å². The molecule has 4 aliphatic carbocycles. The largest absolute Gasteiger partial charge is 0.308 e. The van der Waals surface area contributed by atoms with Gasteiger partial charge in [-0.2, -0.15) is 0 Å². The highest BCUT2D eigenvalue weighted by Crippen LogP contribution is 2.59. The van der Waals surface area contributed by atoms with E-state index in [1.807, 2.05) is 6.08 Å². The second-order valence-corrected chi connectivity index (χ2v) is 7.70. The normalized spacial score (nSPS) is 44.0. The Morgan fingerprint density at radius 3 is 2.00 bits per heavy atom. The molecule has 0 amide bonds. The number of nitrogens with one attached hydrogen (secondary N) is 1. The predicted molar refractivity (Wildman–Crippen MR) is 72.9 cm³/mol. The maximum Gasteiger partial charge on any atom is 0.0304 e. The van der Waals surface area contributed by atoms with Crippen LogP contribution in [0.2, 0.25) is 0 Å². The van der Waals surface area contributed by atoms with Crippen LogP contribution in [0.25, 0.3) is 0 Å². The van der Waals surface area contributed by atoms with E-state index < -0.39 is 0 Å². The quantitative estimate of drug-likeness (QED) is 0.729. The molecule has 4 aliphatic rings. The van der Waals surface area contributed by atoms with Gasteiger partial charge in [0.2, 0.25) is 0 Å². The minimum Gasteiger partial charge on any atom is -0.308 e. The molecule has 0 atom stereocenters. The lowest BCUT2D eigenvalue weighted by molar-refractivity contribution is -0.0532. The van der Waals surface area contributed by atoms with Crippen molar-refractivity contribution >= 4 is 0 Å². The summed E-state index contributed by atoms with van der Waals surface area (Å²) in [6.45, 7) is 9.63. The number of rotatable bonds is 4. The second-order valence-electron chi connectivity index (χ2n) is 7.70. The van der Waals surface area contributed by atoms with Crippen molar-refractivity contribution in [3.05, 3.63) is 12.7 Å². The lowest BCUT2D eigenvalue weighted by atomic mass is 9.49. The van der Waals surface area contributed by atoms with Crippen LogP contribution < -0.4 is 5.32 Å². The van der Waals surface area contributed by atoms with Gasteiger partial charge in [-0.1, -0.05) is 6.08 Å². The van der Waals surface area contributed by atoms with E-state index in [0.29, 0.717) is 5.41 Å². The van der Waals surface area contributed by atoms with Crippen LogP contribution in [0.4, 0.5) is 0 Å². The second kappa shape index (κ2) is 3.85. The van der Waals surface area contributed by atoms with E-state index in [9.17, 15) is 0 Å². The molecule has 0 aromatic carbocycles. The maximum absolute atomic E-state index is 3.93. The highest BCUT2D eigenvalue weighted by molar-refractivity contribution is 5.04. The molecule has 96 valence electrons. The number of hydrogen-bond acceptors (Lipinski definition) is 1. The highest BCUT2D eigenvalue weighted by Gasteiger charge is 2.50. The zero-order chi connectivity index (χ0) is 12.1. The first-order chi connectivity index (χ1) is 8.00. The molecule has 1 heteroatoms. The minimum atomic E-state index is 0.101. The Morgan fingerprint density at radius 2 is 1.59 bits per heavy atom. The molecule has 17 heavy (non-hydrogen) atoms. The van der Waals surface area contributed by atoms with Gasteiger partial charge in [-0.05, 0) is 75.5 Å². The van der Waals surface area contributed by atoms with Crippen molar-refractivity contribution in [2.45, 2.75) is 57.9 Å². The minimum absolute atomic E-state index is 0.101. The summed E-state index contributed by atoms with van der Waals surface area (Å²) in [5.41, 5.74) is 0.748. The Morgan fingerprint density at radius 1 is 1.12 bits per heavy atom. The van der Waals surface area contributed by atoms with E-state index >= 15 is 0 Å². The molecule has 0 aliphatic heterocycles. The van der Waals surface area contributed by atoms with Gasteiger partial charge in [0, 0.05) is 12.1 Å². The molecule has 0 radical (unpaired) electrons. The summed E-state index contributed by atoms with van der Waals surface area (Å²) in [5, 5.41) is 3.75. The van der Waals surface area contributed by atoms with Gasteiger partial charge in [0.25, 0.3) is 0 Å². The van der Waals surface area contributed by atoms with E-state index in [1.54, 1.807) is 19.3 Å². The summed E-state index contributed by atoms with van der Waals surface area (Å²) in [4.78, 5) is 0. The highest BCUT2D eigenvalue weighted by atomic mass is 15.0. The molecule has 1 nitrogen and oxygen atoms in total. The van der Waals surface area contributed by atoms with Crippen LogP contribution in [0.1, 0.15) is 52.4 Å². The lowest BCUT2D eigenvalue weighted by Gasteiger charge is -2.57. The summed E-state index contributed by atoms with van der Waals surface area (Å²) in [5.74, 6) is 3.19. The van der Waals surface area contributed by atoms with Crippen molar-refractivity contribution in [3.8, 4) is 0 Å². The average molecular weight is 233 g/mol. The molecular formula is C16H27N. The molecule has 0 heterocycles. The fourth-order valence-electron chi connectivity index (χ4n) is 4.99. The van der Waals surface area contributed by atoms with Gasteiger partial charge in [-0.25, -0.2) is 0 Å². The molecule has 4 saturated carbocycles. The first-order valence-electron chi connectivity index (χ1n) is 7.39. The molecule has 0 aromatic rings. The smallest absolute Gasteiger partial charge is 0.0304 e. The third-order valence-corrected chi connectivity index (χ3v) is 5.59. The Bertz CT molecular complexity index is 280. The summed E-state index contributed by atoms with van der Waals surface area (Å²) < 4.78 is 0. The van der Waals surface area contributed by atoms with Crippen LogP contribution in [0, 0.1) is 23.2 Å². The summed E-state index contributed by atoms with van der Waals surface area (Å²) >= 11 is 0.